The minimum absolute atomic E-state index is 0.0774. The van der Waals surface area contributed by atoms with Gasteiger partial charge < -0.3 is 5.73 Å². The molecule has 0 heterocycles. The Labute approximate surface area is 114 Å². The van der Waals surface area contributed by atoms with Gasteiger partial charge in [-0.3, -0.25) is 4.90 Å². The Balaban J connectivity index is 2.99. The number of rotatable bonds is 6. The molecule has 0 amide bonds. The third-order valence-electron chi connectivity index (χ3n) is 3.56. The molecule has 1 unspecified atom stereocenters. The molecule has 1 atom stereocenters. The second kappa shape index (κ2) is 6.44. The fourth-order valence-corrected chi connectivity index (χ4v) is 2.23. The Hall–Kier alpha value is -1.00. The zero-order valence-corrected chi connectivity index (χ0v) is 12.2. The molecule has 2 nitrogen and oxygen atoms in total. The average molecular weight is 270 g/mol. The predicted molar refractivity (Wildman–Crippen MR) is 74.9 cm³/mol. The molecular formula is C15H24F2N2. The van der Waals surface area contributed by atoms with Crippen LogP contribution in [0.5, 0.6) is 0 Å². The molecule has 0 saturated carbocycles. The van der Waals surface area contributed by atoms with Gasteiger partial charge in [-0.25, -0.2) is 8.78 Å². The molecule has 0 radical (unpaired) electrons. The van der Waals surface area contributed by atoms with Crippen LogP contribution in [0.4, 0.5) is 8.78 Å². The highest BCUT2D eigenvalue weighted by atomic mass is 19.1. The Bertz CT molecular complexity index is 398. The van der Waals surface area contributed by atoms with Crippen LogP contribution in [-0.2, 0) is 0 Å². The third kappa shape index (κ3) is 3.98. The van der Waals surface area contributed by atoms with Gasteiger partial charge in [0.15, 0.2) is 0 Å². The van der Waals surface area contributed by atoms with Crippen LogP contribution >= 0.6 is 0 Å². The van der Waals surface area contributed by atoms with Gasteiger partial charge >= 0.3 is 0 Å². The van der Waals surface area contributed by atoms with E-state index in [0.29, 0.717) is 13.1 Å². The van der Waals surface area contributed by atoms with Crippen molar-refractivity contribution in [3.63, 3.8) is 0 Å². The minimum Gasteiger partial charge on any atom is -0.330 e. The van der Waals surface area contributed by atoms with Crippen molar-refractivity contribution in [2.24, 2.45) is 11.1 Å². The molecule has 0 bridgehead atoms. The van der Waals surface area contributed by atoms with Gasteiger partial charge in [0.1, 0.15) is 11.6 Å². The van der Waals surface area contributed by atoms with Crippen molar-refractivity contribution in [1.29, 1.82) is 0 Å². The van der Waals surface area contributed by atoms with Crippen LogP contribution in [0.15, 0.2) is 18.2 Å². The summed E-state index contributed by atoms with van der Waals surface area (Å²) in [5.41, 5.74) is 5.79. The fourth-order valence-electron chi connectivity index (χ4n) is 2.23. The fraction of sp³-hybridized carbons (Fsp3) is 0.600. The first-order valence-corrected chi connectivity index (χ1v) is 6.70. The van der Waals surface area contributed by atoms with Gasteiger partial charge in [0, 0.05) is 18.2 Å². The topological polar surface area (TPSA) is 29.3 Å². The van der Waals surface area contributed by atoms with Crippen molar-refractivity contribution in [2.45, 2.75) is 33.7 Å². The Morgan fingerprint density at radius 3 is 2.21 bits per heavy atom. The van der Waals surface area contributed by atoms with Crippen molar-refractivity contribution < 1.29 is 8.78 Å². The maximum absolute atomic E-state index is 13.8. The first-order chi connectivity index (χ1) is 8.82. The molecule has 0 aromatic heterocycles. The van der Waals surface area contributed by atoms with Crippen molar-refractivity contribution in [3.05, 3.63) is 35.4 Å². The summed E-state index contributed by atoms with van der Waals surface area (Å²) < 4.78 is 27.6. The summed E-state index contributed by atoms with van der Waals surface area (Å²) in [6.45, 7) is 9.89. The average Bonchev–Trinajstić information content (AvgIpc) is 2.35. The van der Waals surface area contributed by atoms with E-state index in [9.17, 15) is 8.78 Å². The second-order valence-electron chi connectivity index (χ2n) is 5.74. The third-order valence-corrected chi connectivity index (χ3v) is 3.56. The van der Waals surface area contributed by atoms with Gasteiger partial charge in [0.05, 0.1) is 0 Å². The summed E-state index contributed by atoms with van der Waals surface area (Å²) in [5, 5.41) is 0. The first kappa shape index (κ1) is 16.1. The van der Waals surface area contributed by atoms with E-state index in [0.717, 1.165) is 6.54 Å². The Morgan fingerprint density at radius 1 is 1.26 bits per heavy atom. The van der Waals surface area contributed by atoms with Crippen molar-refractivity contribution in [1.82, 2.24) is 4.90 Å². The van der Waals surface area contributed by atoms with Gasteiger partial charge in [0.2, 0.25) is 0 Å². The number of hydrogen-bond acceptors (Lipinski definition) is 2. The summed E-state index contributed by atoms with van der Waals surface area (Å²) in [6.07, 6.45) is 0. The van der Waals surface area contributed by atoms with E-state index in [1.807, 2.05) is 18.7 Å². The normalized spacial score (nSPS) is 13.9. The molecule has 0 spiro atoms. The number of nitrogens with zero attached hydrogens (tertiary/aromatic N) is 1. The van der Waals surface area contributed by atoms with Crippen molar-refractivity contribution >= 4 is 0 Å². The van der Waals surface area contributed by atoms with E-state index < -0.39 is 11.6 Å². The van der Waals surface area contributed by atoms with Crippen LogP contribution < -0.4 is 5.73 Å². The van der Waals surface area contributed by atoms with Crippen molar-refractivity contribution in [2.75, 3.05) is 19.6 Å². The SMILES string of the molecule is CCN(CC(C)(C)CN)C(C)c1c(F)cccc1F. The monoisotopic (exact) mass is 270 g/mol. The van der Waals surface area contributed by atoms with Gasteiger partial charge in [-0.05, 0) is 37.6 Å². The molecule has 1 rings (SSSR count). The molecule has 1 aromatic rings. The first-order valence-electron chi connectivity index (χ1n) is 6.70. The zero-order chi connectivity index (χ0) is 14.6. The van der Waals surface area contributed by atoms with Crippen LogP contribution in [0.3, 0.4) is 0 Å². The summed E-state index contributed by atoms with van der Waals surface area (Å²) in [7, 11) is 0. The van der Waals surface area contributed by atoms with Crippen molar-refractivity contribution in [3.8, 4) is 0 Å². The minimum atomic E-state index is -0.489. The lowest BCUT2D eigenvalue weighted by Crippen LogP contribution is -2.40. The maximum atomic E-state index is 13.8. The van der Waals surface area contributed by atoms with Crippen LogP contribution in [-0.4, -0.2) is 24.5 Å². The van der Waals surface area contributed by atoms with Gasteiger partial charge in [-0.2, -0.15) is 0 Å². The zero-order valence-electron chi connectivity index (χ0n) is 12.2. The highest BCUT2D eigenvalue weighted by Gasteiger charge is 2.26. The molecule has 0 aliphatic carbocycles. The van der Waals surface area contributed by atoms with Crippen LogP contribution in [0.25, 0.3) is 0 Å². The molecule has 0 saturated heterocycles. The van der Waals surface area contributed by atoms with Crippen LogP contribution in [0, 0.1) is 17.0 Å². The molecule has 4 heteroatoms. The molecule has 108 valence electrons. The second-order valence-corrected chi connectivity index (χ2v) is 5.74. The van der Waals surface area contributed by atoms with E-state index in [4.69, 9.17) is 5.73 Å². The van der Waals surface area contributed by atoms with Gasteiger partial charge in [0.25, 0.3) is 0 Å². The molecule has 0 aliphatic rings. The quantitative estimate of drug-likeness (QED) is 0.859. The Morgan fingerprint density at radius 2 is 1.79 bits per heavy atom. The van der Waals surface area contributed by atoms with E-state index in [1.165, 1.54) is 18.2 Å². The number of hydrogen-bond donors (Lipinski definition) is 1. The van der Waals surface area contributed by atoms with Crippen LogP contribution in [0.1, 0.15) is 39.3 Å². The maximum Gasteiger partial charge on any atom is 0.130 e. The lowest BCUT2D eigenvalue weighted by atomic mass is 9.91. The summed E-state index contributed by atoms with van der Waals surface area (Å²) in [4.78, 5) is 2.05. The van der Waals surface area contributed by atoms with E-state index in [-0.39, 0.29) is 17.0 Å². The molecule has 1 aromatic carbocycles. The predicted octanol–water partition coefficient (Wildman–Crippen LogP) is 3.33. The number of halogens is 2. The molecular weight excluding hydrogens is 246 g/mol. The lowest BCUT2D eigenvalue weighted by molar-refractivity contribution is 0.143. The van der Waals surface area contributed by atoms with E-state index in [1.54, 1.807) is 0 Å². The molecule has 2 N–H and O–H groups in total. The van der Waals surface area contributed by atoms with Gasteiger partial charge in [-0.1, -0.05) is 26.8 Å². The lowest BCUT2D eigenvalue weighted by Gasteiger charge is -2.35. The highest BCUT2D eigenvalue weighted by Crippen LogP contribution is 2.28. The van der Waals surface area contributed by atoms with Gasteiger partial charge in [-0.15, -0.1) is 0 Å². The summed E-state index contributed by atoms with van der Waals surface area (Å²) >= 11 is 0. The van der Waals surface area contributed by atoms with E-state index >= 15 is 0 Å². The number of nitrogens with two attached hydrogens (primary N) is 1. The summed E-state index contributed by atoms with van der Waals surface area (Å²) in [6, 6.07) is 3.69. The molecule has 0 fully saturated rings. The summed E-state index contributed by atoms with van der Waals surface area (Å²) in [5.74, 6) is -0.979. The Kier molecular flexibility index (Phi) is 5.44. The smallest absolute Gasteiger partial charge is 0.130 e. The molecule has 0 aliphatic heterocycles. The number of benzene rings is 1. The van der Waals surface area contributed by atoms with Crippen LogP contribution in [0.2, 0.25) is 0 Å². The largest absolute Gasteiger partial charge is 0.330 e. The highest BCUT2D eigenvalue weighted by molar-refractivity contribution is 5.23. The standard InChI is InChI=1S/C15H24F2N2/c1-5-19(10-15(3,4)9-18)11(2)14-12(16)7-6-8-13(14)17/h6-8,11H,5,9-10,18H2,1-4H3. The van der Waals surface area contributed by atoms with E-state index in [2.05, 4.69) is 13.8 Å². The molecule has 19 heavy (non-hydrogen) atoms.